The van der Waals surface area contributed by atoms with E-state index in [4.69, 9.17) is 5.11 Å². The predicted molar refractivity (Wildman–Crippen MR) is 143 cm³/mol. The second-order valence-electron chi connectivity index (χ2n) is 10.7. The van der Waals surface area contributed by atoms with Gasteiger partial charge in [-0.05, 0) is 67.9 Å². The lowest BCUT2D eigenvalue weighted by molar-refractivity contribution is -0.138. The molecule has 7 nitrogen and oxygen atoms in total. The molecule has 39 heavy (non-hydrogen) atoms. The number of benzene rings is 2. The van der Waals surface area contributed by atoms with Crippen LogP contribution < -0.4 is 5.32 Å². The van der Waals surface area contributed by atoms with E-state index in [1.165, 1.54) is 18.2 Å². The molecule has 0 bridgehead atoms. The molecular weight excluding hydrogens is 533 g/mol. The number of aliphatic hydroxyl groups is 1. The molecule has 0 aromatic heterocycles. The van der Waals surface area contributed by atoms with Crippen molar-refractivity contribution in [1.29, 1.82) is 0 Å². The molecule has 0 unspecified atom stereocenters. The van der Waals surface area contributed by atoms with Crippen LogP contribution in [0.15, 0.2) is 53.4 Å². The standard InChI is InChI=1S/C28H35F3N2O5S/c1-27(2,16-19-13-21-7-4-5-8-22(21)14-19)32-17-23(34)18-33(3)39(37,38)24-12-11-20(9-6-10-26(35)36)25(15-24)28(29,30)31/h4-9,11-12,15,19,23,32,34H,10,13-14,16-18H2,1-3H3,(H,35,36)/b9-6+/t23-/m1/s1. The van der Waals surface area contributed by atoms with E-state index in [-0.39, 0.29) is 24.2 Å². The number of alkyl halides is 3. The summed E-state index contributed by atoms with van der Waals surface area (Å²) in [7, 11) is -3.14. The number of carboxylic acids is 1. The topological polar surface area (TPSA) is 107 Å². The van der Waals surface area contributed by atoms with Gasteiger partial charge in [0.1, 0.15) is 0 Å². The molecule has 1 aliphatic rings. The van der Waals surface area contributed by atoms with Gasteiger partial charge in [-0.15, -0.1) is 0 Å². The summed E-state index contributed by atoms with van der Waals surface area (Å²) in [6.45, 7) is 3.83. The lowest BCUT2D eigenvalue weighted by Gasteiger charge is -2.31. The van der Waals surface area contributed by atoms with Crippen LogP contribution in [0.4, 0.5) is 13.2 Å². The molecule has 1 atom stereocenters. The van der Waals surface area contributed by atoms with Gasteiger partial charge in [0.2, 0.25) is 10.0 Å². The van der Waals surface area contributed by atoms with E-state index in [1.54, 1.807) is 0 Å². The molecule has 3 N–H and O–H groups in total. The van der Waals surface area contributed by atoms with Gasteiger partial charge in [0.25, 0.3) is 0 Å². The average molecular weight is 569 g/mol. The number of sulfonamides is 1. The molecule has 0 spiro atoms. The van der Waals surface area contributed by atoms with Crippen molar-refractivity contribution in [2.75, 3.05) is 20.1 Å². The summed E-state index contributed by atoms with van der Waals surface area (Å²) in [6, 6.07) is 10.9. The normalized spacial score (nSPS) is 15.7. The van der Waals surface area contributed by atoms with Gasteiger partial charge in [-0.2, -0.15) is 17.5 Å². The molecule has 0 radical (unpaired) electrons. The minimum absolute atomic E-state index is 0.105. The van der Waals surface area contributed by atoms with E-state index in [9.17, 15) is 31.5 Å². The lowest BCUT2D eigenvalue weighted by Crippen LogP contribution is -2.47. The van der Waals surface area contributed by atoms with E-state index < -0.39 is 45.2 Å². The molecule has 2 aromatic carbocycles. The van der Waals surface area contributed by atoms with E-state index in [0.717, 1.165) is 47.9 Å². The average Bonchev–Trinajstić information content (AvgIpc) is 3.23. The highest BCUT2D eigenvalue weighted by Crippen LogP contribution is 2.35. The highest BCUT2D eigenvalue weighted by Gasteiger charge is 2.35. The Labute approximate surface area is 227 Å². The van der Waals surface area contributed by atoms with Crippen LogP contribution in [0, 0.1) is 5.92 Å². The van der Waals surface area contributed by atoms with E-state index in [1.807, 2.05) is 26.0 Å². The van der Waals surface area contributed by atoms with Crippen LogP contribution in [0.2, 0.25) is 0 Å². The Bertz CT molecular complexity index is 1280. The van der Waals surface area contributed by atoms with Crippen molar-refractivity contribution in [2.24, 2.45) is 5.92 Å². The Morgan fingerprint density at radius 2 is 1.77 bits per heavy atom. The number of nitrogens with one attached hydrogen (secondary N) is 1. The van der Waals surface area contributed by atoms with Crippen LogP contribution in [-0.2, 0) is 33.8 Å². The number of carboxylic acid groups (broad SMARTS) is 1. The molecule has 11 heteroatoms. The number of halogens is 3. The maximum absolute atomic E-state index is 13.6. The van der Waals surface area contributed by atoms with Gasteiger partial charge in [0.15, 0.2) is 0 Å². The summed E-state index contributed by atoms with van der Waals surface area (Å²) in [5.41, 5.74) is 0.835. The Hall–Kier alpha value is -2.73. The van der Waals surface area contributed by atoms with Gasteiger partial charge in [-0.3, -0.25) is 4.79 Å². The van der Waals surface area contributed by atoms with Crippen molar-refractivity contribution in [3.8, 4) is 0 Å². The number of hydrogen-bond donors (Lipinski definition) is 3. The maximum Gasteiger partial charge on any atom is 0.417 e. The highest BCUT2D eigenvalue weighted by atomic mass is 32.2. The van der Waals surface area contributed by atoms with Crippen LogP contribution in [0.1, 0.15) is 48.9 Å². The molecule has 0 saturated heterocycles. The summed E-state index contributed by atoms with van der Waals surface area (Å²) in [5, 5.41) is 22.6. The molecule has 0 saturated carbocycles. The highest BCUT2D eigenvalue weighted by molar-refractivity contribution is 7.89. The first-order valence-electron chi connectivity index (χ1n) is 12.6. The second kappa shape index (κ2) is 12.2. The van der Waals surface area contributed by atoms with Gasteiger partial charge >= 0.3 is 12.1 Å². The molecule has 0 aliphatic heterocycles. The summed E-state index contributed by atoms with van der Waals surface area (Å²) >= 11 is 0. The van der Waals surface area contributed by atoms with Crippen molar-refractivity contribution >= 4 is 22.1 Å². The number of nitrogens with zero attached hydrogens (tertiary/aromatic N) is 1. The quantitative estimate of drug-likeness (QED) is 0.352. The molecule has 0 heterocycles. The third-order valence-corrected chi connectivity index (χ3v) is 8.67. The Balaban J connectivity index is 1.62. The number of aliphatic hydroxyl groups excluding tert-OH is 1. The van der Waals surface area contributed by atoms with Crippen LogP contribution in [-0.4, -0.2) is 60.7 Å². The fourth-order valence-electron chi connectivity index (χ4n) is 5.00. The molecule has 1 aliphatic carbocycles. The number of hydrogen-bond acceptors (Lipinski definition) is 5. The number of β-amino-alcohol motifs (C(OH)–C–C–N with tert-alkyl or cyclic N) is 1. The van der Waals surface area contributed by atoms with Crippen LogP contribution in [0.25, 0.3) is 6.08 Å². The van der Waals surface area contributed by atoms with Gasteiger partial charge in [-0.1, -0.05) is 42.5 Å². The Kier molecular flexibility index (Phi) is 9.64. The molecular formula is C28H35F3N2O5S. The van der Waals surface area contributed by atoms with Crippen LogP contribution >= 0.6 is 0 Å². The minimum Gasteiger partial charge on any atom is -0.481 e. The fourth-order valence-corrected chi connectivity index (χ4v) is 6.23. The molecule has 0 fully saturated rings. The summed E-state index contributed by atoms with van der Waals surface area (Å²) < 4.78 is 67.8. The Morgan fingerprint density at radius 1 is 1.15 bits per heavy atom. The monoisotopic (exact) mass is 568 g/mol. The van der Waals surface area contributed by atoms with Crippen LogP contribution in [0.5, 0.6) is 0 Å². The van der Waals surface area contributed by atoms with Gasteiger partial charge < -0.3 is 15.5 Å². The van der Waals surface area contributed by atoms with Gasteiger partial charge in [0, 0.05) is 25.7 Å². The molecule has 0 amide bonds. The third-order valence-electron chi connectivity index (χ3n) is 6.85. The SMILES string of the molecule is CN(C[C@H](O)CNC(C)(C)CC1Cc2ccccc2C1)S(=O)(=O)c1ccc(/C=C/CC(=O)O)c(C(F)(F)F)c1. The predicted octanol–water partition coefficient (Wildman–Crippen LogP) is 4.35. The van der Waals surface area contributed by atoms with Gasteiger partial charge in [0.05, 0.1) is 23.0 Å². The van der Waals surface area contributed by atoms with Crippen molar-refractivity contribution in [3.63, 3.8) is 0 Å². The number of likely N-dealkylation sites (N-methyl/N-ethyl adjacent to an activating group) is 1. The first-order valence-corrected chi connectivity index (χ1v) is 14.1. The Morgan fingerprint density at radius 3 is 2.33 bits per heavy atom. The summed E-state index contributed by atoms with van der Waals surface area (Å²) in [4.78, 5) is 10.1. The number of rotatable bonds is 12. The maximum atomic E-state index is 13.6. The smallest absolute Gasteiger partial charge is 0.417 e. The number of fused-ring (bicyclic) bond motifs is 1. The first kappa shape index (κ1) is 30.8. The summed E-state index contributed by atoms with van der Waals surface area (Å²) in [6.07, 6.45) is -1.54. The largest absolute Gasteiger partial charge is 0.481 e. The van der Waals surface area contributed by atoms with E-state index >= 15 is 0 Å². The zero-order chi connectivity index (χ0) is 29.0. The van der Waals surface area contributed by atoms with E-state index in [2.05, 4.69) is 17.4 Å². The molecule has 3 rings (SSSR count). The van der Waals surface area contributed by atoms with Crippen molar-refractivity contribution in [3.05, 3.63) is 70.8 Å². The minimum atomic E-state index is -4.86. The fraction of sp³-hybridized carbons (Fsp3) is 0.464. The first-order chi connectivity index (χ1) is 18.1. The summed E-state index contributed by atoms with van der Waals surface area (Å²) in [5.74, 6) is -0.754. The lowest BCUT2D eigenvalue weighted by atomic mass is 9.88. The van der Waals surface area contributed by atoms with Crippen molar-refractivity contribution in [1.82, 2.24) is 9.62 Å². The number of aliphatic carboxylic acids is 1. The van der Waals surface area contributed by atoms with Crippen LogP contribution in [0.3, 0.4) is 0 Å². The van der Waals surface area contributed by atoms with Crippen molar-refractivity contribution in [2.45, 2.75) is 62.2 Å². The second-order valence-corrected chi connectivity index (χ2v) is 12.7. The van der Waals surface area contributed by atoms with Gasteiger partial charge in [-0.25, -0.2) is 8.42 Å². The molecule has 214 valence electrons. The van der Waals surface area contributed by atoms with Crippen molar-refractivity contribution < 1.29 is 36.6 Å². The third kappa shape index (κ3) is 8.38. The number of carbonyl (C=O) groups is 1. The zero-order valence-electron chi connectivity index (χ0n) is 22.2. The van der Waals surface area contributed by atoms with E-state index in [0.29, 0.717) is 12.0 Å². The molecule has 2 aromatic rings. The zero-order valence-corrected chi connectivity index (χ0v) is 23.0.